The van der Waals surface area contributed by atoms with Gasteiger partial charge in [-0.1, -0.05) is 19.8 Å². The standard InChI is InChI=1S/C14H24N2O/c1-2-3-7-14(13-8-4-9-15-13)16-11-12-6-5-10-17-12/h4,8-9,12,14-16H,2-3,5-7,10-11H2,1H3. The molecule has 0 radical (unpaired) electrons. The Morgan fingerprint density at radius 2 is 2.53 bits per heavy atom. The molecular formula is C14H24N2O. The van der Waals surface area contributed by atoms with Gasteiger partial charge in [-0.15, -0.1) is 0 Å². The van der Waals surface area contributed by atoms with Crippen molar-refractivity contribution in [3.8, 4) is 0 Å². The van der Waals surface area contributed by atoms with Crippen molar-refractivity contribution < 1.29 is 4.74 Å². The molecular weight excluding hydrogens is 212 g/mol. The topological polar surface area (TPSA) is 37.0 Å². The van der Waals surface area contributed by atoms with Crippen LogP contribution in [-0.4, -0.2) is 24.2 Å². The molecule has 2 rings (SSSR count). The van der Waals surface area contributed by atoms with Crippen LogP contribution >= 0.6 is 0 Å². The SMILES string of the molecule is CCCCC(NCC1CCCO1)c1ccc[nH]1. The van der Waals surface area contributed by atoms with E-state index in [-0.39, 0.29) is 0 Å². The molecule has 0 amide bonds. The van der Waals surface area contributed by atoms with E-state index >= 15 is 0 Å². The minimum absolute atomic E-state index is 0.425. The van der Waals surface area contributed by atoms with Gasteiger partial charge >= 0.3 is 0 Å². The maximum Gasteiger partial charge on any atom is 0.0700 e. The largest absolute Gasteiger partial charge is 0.377 e. The number of aromatic amines is 1. The highest BCUT2D eigenvalue weighted by atomic mass is 16.5. The Morgan fingerprint density at radius 3 is 3.18 bits per heavy atom. The highest BCUT2D eigenvalue weighted by Crippen LogP contribution is 2.19. The first-order chi connectivity index (χ1) is 8.40. The summed E-state index contributed by atoms with van der Waals surface area (Å²) in [4.78, 5) is 3.32. The zero-order valence-electron chi connectivity index (χ0n) is 10.7. The average molecular weight is 236 g/mol. The second kappa shape index (κ2) is 6.82. The van der Waals surface area contributed by atoms with Crippen molar-refractivity contribution >= 4 is 0 Å². The van der Waals surface area contributed by atoms with Gasteiger partial charge in [-0.3, -0.25) is 0 Å². The minimum atomic E-state index is 0.425. The molecule has 3 nitrogen and oxygen atoms in total. The van der Waals surface area contributed by atoms with Crippen LogP contribution < -0.4 is 5.32 Å². The van der Waals surface area contributed by atoms with Crippen molar-refractivity contribution in [3.63, 3.8) is 0 Å². The Bertz CT molecular complexity index is 291. The maximum absolute atomic E-state index is 5.65. The molecule has 0 aromatic carbocycles. The summed E-state index contributed by atoms with van der Waals surface area (Å²) < 4.78 is 5.65. The average Bonchev–Trinajstić information content (AvgIpc) is 3.01. The molecule has 1 aromatic rings. The second-order valence-electron chi connectivity index (χ2n) is 4.86. The summed E-state index contributed by atoms with van der Waals surface area (Å²) in [5.41, 5.74) is 1.30. The Kier molecular flexibility index (Phi) is 5.08. The molecule has 96 valence electrons. The van der Waals surface area contributed by atoms with Crippen LogP contribution in [0.4, 0.5) is 0 Å². The van der Waals surface area contributed by atoms with E-state index in [0.29, 0.717) is 12.1 Å². The fraction of sp³-hybridized carbons (Fsp3) is 0.714. The Hall–Kier alpha value is -0.800. The molecule has 2 atom stereocenters. The third-order valence-corrected chi connectivity index (χ3v) is 3.46. The summed E-state index contributed by atoms with van der Waals surface area (Å²) in [5.74, 6) is 0. The van der Waals surface area contributed by atoms with Gasteiger partial charge in [-0.25, -0.2) is 0 Å². The smallest absolute Gasteiger partial charge is 0.0700 e. The van der Waals surface area contributed by atoms with E-state index in [1.54, 1.807) is 0 Å². The van der Waals surface area contributed by atoms with E-state index < -0.39 is 0 Å². The lowest BCUT2D eigenvalue weighted by Gasteiger charge is -2.20. The predicted molar refractivity (Wildman–Crippen MR) is 70.0 cm³/mol. The van der Waals surface area contributed by atoms with E-state index in [1.807, 2.05) is 6.20 Å². The molecule has 1 aliphatic heterocycles. The van der Waals surface area contributed by atoms with Crippen molar-refractivity contribution in [2.24, 2.45) is 0 Å². The van der Waals surface area contributed by atoms with Crippen molar-refractivity contribution in [1.82, 2.24) is 10.3 Å². The quantitative estimate of drug-likeness (QED) is 0.763. The van der Waals surface area contributed by atoms with Gasteiger partial charge in [-0.05, 0) is 31.4 Å². The molecule has 1 aromatic heterocycles. The van der Waals surface area contributed by atoms with Crippen LogP contribution in [0.25, 0.3) is 0 Å². The van der Waals surface area contributed by atoms with Gasteiger partial charge < -0.3 is 15.0 Å². The highest BCUT2D eigenvalue weighted by molar-refractivity contribution is 5.09. The van der Waals surface area contributed by atoms with Crippen molar-refractivity contribution in [2.45, 2.75) is 51.2 Å². The number of nitrogens with one attached hydrogen (secondary N) is 2. The molecule has 0 aliphatic carbocycles. The first kappa shape index (κ1) is 12.7. The van der Waals surface area contributed by atoms with Crippen LogP contribution in [0.1, 0.15) is 50.8 Å². The first-order valence-electron chi connectivity index (χ1n) is 6.88. The number of hydrogen-bond donors (Lipinski definition) is 2. The fourth-order valence-corrected chi connectivity index (χ4v) is 2.42. The molecule has 1 saturated heterocycles. The van der Waals surface area contributed by atoms with Crippen LogP contribution in [-0.2, 0) is 4.74 Å². The number of aromatic nitrogens is 1. The Labute approximate surface area is 104 Å². The van der Waals surface area contributed by atoms with Gasteiger partial charge in [0.2, 0.25) is 0 Å². The summed E-state index contributed by atoms with van der Waals surface area (Å²) in [6, 6.07) is 4.69. The summed E-state index contributed by atoms with van der Waals surface area (Å²) in [6.07, 6.45) is 8.56. The van der Waals surface area contributed by atoms with Crippen LogP contribution in [0.2, 0.25) is 0 Å². The van der Waals surface area contributed by atoms with E-state index in [2.05, 4.69) is 29.4 Å². The van der Waals surface area contributed by atoms with Crippen LogP contribution in [0, 0.1) is 0 Å². The Morgan fingerprint density at radius 1 is 1.59 bits per heavy atom. The predicted octanol–water partition coefficient (Wildman–Crippen LogP) is 3.01. The van der Waals surface area contributed by atoms with Gasteiger partial charge in [0.15, 0.2) is 0 Å². The van der Waals surface area contributed by atoms with E-state index in [0.717, 1.165) is 13.2 Å². The van der Waals surface area contributed by atoms with E-state index in [1.165, 1.54) is 37.8 Å². The van der Waals surface area contributed by atoms with Gasteiger partial charge in [0.05, 0.1) is 6.10 Å². The van der Waals surface area contributed by atoms with Gasteiger partial charge in [0.1, 0.15) is 0 Å². The molecule has 2 unspecified atom stereocenters. The lowest BCUT2D eigenvalue weighted by Crippen LogP contribution is -2.30. The van der Waals surface area contributed by atoms with Crippen molar-refractivity contribution in [2.75, 3.05) is 13.2 Å². The Balaban J connectivity index is 1.82. The van der Waals surface area contributed by atoms with Gasteiger partial charge in [0.25, 0.3) is 0 Å². The number of hydrogen-bond acceptors (Lipinski definition) is 2. The first-order valence-corrected chi connectivity index (χ1v) is 6.88. The van der Waals surface area contributed by atoms with E-state index in [4.69, 9.17) is 4.74 Å². The molecule has 1 fully saturated rings. The van der Waals surface area contributed by atoms with Crippen LogP contribution in [0.3, 0.4) is 0 Å². The maximum atomic E-state index is 5.65. The van der Waals surface area contributed by atoms with E-state index in [9.17, 15) is 0 Å². The van der Waals surface area contributed by atoms with Crippen molar-refractivity contribution in [3.05, 3.63) is 24.0 Å². The highest BCUT2D eigenvalue weighted by Gasteiger charge is 2.18. The number of ether oxygens (including phenoxy) is 1. The minimum Gasteiger partial charge on any atom is -0.377 e. The zero-order valence-corrected chi connectivity index (χ0v) is 10.7. The van der Waals surface area contributed by atoms with Crippen LogP contribution in [0.5, 0.6) is 0 Å². The fourth-order valence-electron chi connectivity index (χ4n) is 2.42. The molecule has 1 aliphatic rings. The zero-order chi connectivity index (χ0) is 11.9. The third-order valence-electron chi connectivity index (χ3n) is 3.46. The van der Waals surface area contributed by atoms with Crippen molar-refractivity contribution in [1.29, 1.82) is 0 Å². The summed E-state index contributed by atoms with van der Waals surface area (Å²) in [7, 11) is 0. The summed E-state index contributed by atoms with van der Waals surface area (Å²) in [6.45, 7) is 4.16. The molecule has 2 heterocycles. The number of rotatable bonds is 7. The molecule has 0 saturated carbocycles. The number of unbranched alkanes of at least 4 members (excludes halogenated alkanes) is 1. The molecule has 3 heteroatoms. The monoisotopic (exact) mass is 236 g/mol. The third kappa shape index (κ3) is 3.86. The molecule has 0 bridgehead atoms. The van der Waals surface area contributed by atoms with Gasteiger partial charge in [0, 0.05) is 31.1 Å². The molecule has 2 N–H and O–H groups in total. The lowest BCUT2D eigenvalue weighted by molar-refractivity contribution is 0.107. The molecule has 17 heavy (non-hydrogen) atoms. The normalized spacial score (nSPS) is 21.8. The van der Waals surface area contributed by atoms with Crippen LogP contribution in [0.15, 0.2) is 18.3 Å². The number of H-pyrrole nitrogens is 1. The second-order valence-corrected chi connectivity index (χ2v) is 4.86. The molecule has 0 spiro atoms. The lowest BCUT2D eigenvalue weighted by atomic mass is 10.1. The summed E-state index contributed by atoms with van der Waals surface area (Å²) >= 11 is 0. The summed E-state index contributed by atoms with van der Waals surface area (Å²) in [5, 5.41) is 3.64. The van der Waals surface area contributed by atoms with Gasteiger partial charge in [-0.2, -0.15) is 0 Å².